The summed E-state index contributed by atoms with van der Waals surface area (Å²) in [6, 6.07) is 3.87. The number of rotatable bonds is 3. The van der Waals surface area contributed by atoms with Crippen molar-refractivity contribution in [2.75, 3.05) is 0 Å². The first-order valence-electron chi connectivity index (χ1n) is 5.95. The third-order valence-corrected chi connectivity index (χ3v) is 2.38. The molecule has 0 aromatic carbocycles. The molecular formula is C13H18N4O. The van der Waals surface area contributed by atoms with Gasteiger partial charge in [-0.25, -0.2) is 0 Å². The lowest BCUT2D eigenvalue weighted by atomic mass is 10.1. The van der Waals surface area contributed by atoms with Gasteiger partial charge in [0, 0.05) is 11.7 Å². The summed E-state index contributed by atoms with van der Waals surface area (Å²) in [5, 5.41) is 7.24. The molecule has 0 aliphatic heterocycles. The van der Waals surface area contributed by atoms with Crippen molar-refractivity contribution in [3.63, 3.8) is 0 Å². The molecule has 0 bridgehead atoms. The Hall–Kier alpha value is -1.75. The van der Waals surface area contributed by atoms with Gasteiger partial charge >= 0.3 is 0 Å². The van der Waals surface area contributed by atoms with Crippen LogP contribution in [-0.2, 0) is 6.54 Å². The van der Waals surface area contributed by atoms with E-state index in [9.17, 15) is 0 Å². The maximum Gasteiger partial charge on any atom is 0.240 e. The predicted molar refractivity (Wildman–Crippen MR) is 68.9 cm³/mol. The highest BCUT2D eigenvalue weighted by Gasteiger charge is 2.13. The first kappa shape index (κ1) is 12.7. The highest BCUT2D eigenvalue weighted by atomic mass is 16.5. The molecule has 0 spiro atoms. The minimum Gasteiger partial charge on any atom is -0.337 e. The fourth-order valence-corrected chi connectivity index (χ4v) is 1.43. The SMILES string of the molecule is Cc1ccnc(-c2noc(CNC(C)(C)C)n2)c1. The van der Waals surface area contributed by atoms with E-state index in [1.807, 2.05) is 19.1 Å². The summed E-state index contributed by atoms with van der Waals surface area (Å²) in [5.74, 6) is 1.10. The molecule has 0 atom stereocenters. The quantitative estimate of drug-likeness (QED) is 0.900. The molecule has 1 N–H and O–H groups in total. The molecule has 18 heavy (non-hydrogen) atoms. The van der Waals surface area contributed by atoms with E-state index in [-0.39, 0.29) is 5.54 Å². The van der Waals surface area contributed by atoms with Crippen LogP contribution in [0.2, 0.25) is 0 Å². The van der Waals surface area contributed by atoms with Crippen molar-refractivity contribution in [1.29, 1.82) is 0 Å². The van der Waals surface area contributed by atoms with Crippen LogP contribution in [0.15, 0.2) is 22.9 Å². The average Bonchev–Trinajstić information content (AvgIpc) is 2.74. The maximum absolute atomic E-state index is 5.19. The molecule has 0 saturated carbocycles. The number of pyridine rings is 1. The molecule has 0 radical (unpaired) electrons. The van der Waals surface area contributed by atoms with Gasteiger partial charge in [-0.05, 0) is 45.4 Å². The summed E-state index contributed by atoms with van der Waals surface area (Å²) in [6.07, 6.45) is 1.74. The molecule has 0 fully saturated rings. The molecule has 0 unspecified atom stereocenters. The zero-order valence-corrected chi connectivity index (χ0v) is 11.2. The monoisotopic (exact) mass is 246 g/mol. The smallest absolute Gasteiger partial charge is 0.240 e. The van der Waals surface area contributed by atoms with Gasteiger partial charge in [0.1, 0.15) is 5.69 Å². The molecule has 0 aliphatic rings. The van der Waals surface area contributed by atoms with Gasteiger partial charge in [-0.2, -0.15) is 4.98 Å². The Morgan fingerprint density at radius 3 is 2.78 bits per heavy atom. The molecular weight excluding hydrogens is 228 g/mol. The highest BCUT2D eigenvalue weighted by Crippen LogP contribution is 2.14. The molecule has 2 rings (SSSR count). The van der Waals surface area contributed by atoms with Crippen LogP contribution in [-0.4, -0.2) is 20.7 Å². The van der Waals surface area contributed by atoms with E-state index in [4.69, 9.17) is 4.52 Å². The van der Waals surface area contributed by atoms with Gasteiger partial charge < -0.3 is 9.84 Å². The first-order valence-corrected chi connectivity index (χ1v) is 5.95. The van der Waals surface area contributed by atoms with Crippen LogP contribution in [0.1, 0.15) is 32.2 Å². The van der Waals surface area contributed by atoms with Crippen molar-refractivity contribution in [3.05, 3.63) is 29.8 Å². The molecule has 0 saturated heterocycles. The van der Waals surface area contributed by atoms with Crippen LogP contribution in [0, 0.1) is 6.92 Å². The molecule has 96 valence electrons. The molecule has 0 aliphatic carbocycles. The highest BCUT2D eigenvalue weighted by molar-refractivity contribution is 5.48. The second-order valence-corrected chi connectivity index (χ2v) is 5.33. The van der Waals surface area contributed by atoms with Crippen molar-refractivity contribution in [2.24, 2.45) is 0 Å². The Bertz CT molecular complexity index is 528. The third kappa shape index (κ3) is 3.37. The van der Waals surface area contributed by atoms with Crippen LogP contribution < -0.4 is 5.32 Å². The van der Waals surface area contributed by atoms with Crippen molar-refractivity contribution in [2.45, 2.75) is 39.8 Å². The standard InChI is InChI=1S/C13H18N4O/c1-9-5-6-14-10(7-9)12-16-11(18-17-12)8-15-13(2,3)4/h5-7,15H,8H2,1-4H3. The minimum absolute atomic E-state index is 0.0240. The molecule has 2 heterocycles. The Kier molecular flexibility index (Phi) is 3.43. The van der Waals surface area contributed by atoms with E-state index < -0.39 is 0 Å². The second kappa shape index (κ2) is 4.86. The van der Waals surface area contributed by atoms with Gasteiger partial charge in [0.2, 0.25) is 11.7 Å². The average molecular weight is 246 g/mol. The minimum atomic E-state index is 0.0240. The van der Waals surface area contributed by atoms with Gasteiger partial charge in [-0.1, -0.05) is 5.16 Å². The molecule has 0 amide bonds. The predicted octanol–water partition coefficient (Wildman–Crippen LogP) is 2.33. The molecule has 2 aromatic heterocycles. The van der Waals surface area contributed by atoms with Crippen molar-refractivity contribution >= 4 is 0 Å². The number of nitrogens with one attached hydrogen (secondary N) is 1. The van der Waals surface area contributed by atoms with Crippen molar-refractivity contribution in [3.8, 4) is 11.5 Å². The summed E-state index contributed by atoms with van der Waals surface area (Å²) < 4.78 is 5.19. The van der Waals surface area contributed by atoms with E-state index >= 15 is 0 Å². The summed E-state index contributed by atoms with van der Waals surface area (Å²) in [4.78, 5) is 8.55. The van der Waals surface area contributed by atoms with Crippen LogP contribution in [0.3, 0.4) is 0 Å². The number of aromatic nitrogens is 3. The summed E-state index contributed by atoms with van der Waals surface area (Å²) in [6.45, 7) is 8.83. The van der Waals surface area contributed by atoms with Gasteiger partial charge in [-0.15, -0.1) is 0 Å². The van der Waals surface area contributed by atoms with Crippen molar-refractivity contribution < 1.29 is 4.52 Å². The topological polar surface area (TPSA) is 63.8 Å². The third-order valence-electron chi connectivity index (χ3n) is 2.38. The van der Waals surface area contributed by atoms with E-state index in [0.29, 0.717) is 18.3 Å². The number of aryl methyl sites for hydroxylation is 1. The summed E-state index contributed by atoms with van der Waals surface area (Å²) in [5.41, 5.74) is 1.89. The number of hydrogen-bond donors (Lipinski definition) is 1. The Morgan fingerprint density at radius 2 is 2.11 bits per heavy atom. The molecule has 5 heteroatoms. The summed E-state index contributed by atoms with van der Waals surface area (Å²) >= 11 is 0. The summed E-state index contributed by atoms with van der Waals surface area (Å²) in [7, 11) is 0. The Morgan fingerprint density at radius 1 is 1.33 bits per heavy atom. The largest absolute Gasteiger partial charge is 0.337 e. The normalized spacial score (nSPS) is 11.8. The van der Waals surface area contributed by atoms with Crippen LogP contribution in [0.25, 0.3) is 11.5 Å². The molecule has 5 nitrogen and oxygen atoms in total. The van der Waals surface area contributed by atoms with Crippen LogP contribution in [0.4, 0.5) is 0 Å². The van der Waals surface area contributed by atoms with Crippen molar-refractivity contribution in [1.82, 2.24) is 20.4 Å². The molecule has 2 aromatic rings. The van der Waals surface area contributed by atoms with Gasteiger partial charge in [0.25, 0.3) is 0 Å². The lowest BCUT2D eigenvalue weighted by Gasteiger charge is -2.18. The van der Waals surface area contributed by atoms with Gasteiger partial charge in [0.05, 0.1) is 6.54 Å². The zero-order chi connectivity index (χ0) is 13.2. The van der Waals surface area contributed by atoms with E-state index in [1.165, 1.54) is 0 Å². The number of hydrogen-bond acceptors (Lipinski definition) is 5. The zero-order valence-electron chi connectivity index (χ0n) is 11.2. The van der Waals surface area contributed by atoms with Gasteiger partial charge in [0.15, 0.2) is 0 Å². The van der Waals surface area contributed by atoms with E-state index in [0.717, 1.165) is 11.3 Å². The Balaban J connectivity index is 2.11. The fourth-order valence-electron chi connectivity index (χ4n) is 1.43. The van der Waals surface area contributed by atoms with E-state index in [2.05, 4.69) is 41.2 Å². The van der Waals surface area contributed by atoms with Crippen LogP contribution >= 0.6 is 0 Å². The first-order chi connectivity index (χ1) is 8.44. The number of nitrogens with zero attached hydrogens (tertiary/aromatic N) is 3. The second-order valence-electron chi connectivity index (χ2n) is 5.33. The lowest BCUT2D eigenvalue weighted by molar-refractivity contribution is 0.336. The van der Waals surface area contributed by atoms with Gasteiger partial charge in [-0.3, -0.25) is 4.98 Å². The fraction of sp³-hybridized carbons (Fsp3) is 0.462. The maximum atomic E-state index is 5.19. The van der Waals surface area contributed by atoms with Crippen LogP contribution in [0.5, 0.6) is 0 Å². The lowest BCUT2D eigenvalue weighted by Crippen LogP contribution is -2.35. The Labute approximate surface area is 107 Å². The van der Waals surface area contributed by atoms with E-state index in [1.54, 1.807) is 6.20 Å².